The van der Waals surface area contributed by atoms with Crippen LogP contribution >= 0.6 is 0 Å². The van der Waals surface area contributed by atoms with Crippen LogP contribution in [0, 0.1) is 0 Å². The van der Waals surface area contributed by atoms with Crippen LogP contribution < -0.4 is 10.6 Å². The Morgan fingerprint density at radius 2 is 1.71 bits per heavy atom. The van der Waals surface area contributed by atoms with E-state index in [1.54, 1.807) is 6.20 Å². The zero-order chi connectivity index (χ0) is 16.6. The normalized spacial score (nSPS) is 10.4. The quantitative estimate of drug-likeness (QED) is 0.696. The number of pyridine rings is 1. The van der Waals surface area contributed by atoms with Gasteiger partial charge in [0.15, 0.2) is 0 Å². The monoisotopic (exact) mass is 319 g/mol. The molecule has 0 atom stereocenters. The summed E-state index contributed by atoms with van der Waals surface area (Å²) in [4.78, 5) is 13.4. The zero-order valence-corrected chi connectivity index (χ0v) is 13.7. The predicted molar refractivity (Wildman–Crippen MR) is 98.1 cm³/mol. The number of nitrogens with one attached hydrogen (secondary N) is 2. The van der Waals surface area contributed by atoms with Crippen molar-refractivity contribution in [1.29, 1.82) is 0 Å². The summed E-state index contributed by atoms with van der Waals surface area (Å²) in [5.74, 6) is 1.42. The Labute approximate surface area is 142 Å². The van der Waals surface area contributed by atoms with Crippen molar-refractivity contribution < 1.29 is 0 Å². The Morgan fingerprint density at radius 3 is 2.46 bits per heavy atom. The third kappa shape index (κ3) is 4.29. The van der Waals surface area contributed by atoms with Gasteiger partial charge < -0.3 is 10.6 Å². The maximum Gasteiger partial charge on any atom is 0.225 e. The van der Waals surface area contributed by atoms with Crippen molar-refractivity contribution in [1.82, 2.24) is 15.0 Å². The average molecular weight is 319 g/mol. The average Bonchev–Trinajstić information content (AvgIpc) is 2.63. The van der Waals surface area contributed by atoms with Crippen LogP contribution in [0.2, 0.25) is 0 Å². The first-order chi connectivity index (χ1) is 11.8. The van der Waals surface area contributed by atoms with Gasteiger partial charge in [-0.2, -0.15) is 4.98 Å². The molecule has 0 bridgehead atoms. The summed E-state index contributed by atoms with van der Waals surface area (Å²) >= 11 is 0. The van der Waals surface area contributed by atoms with Crippen LogP contribution in [-0.2, 0) is 6.42 Å². The van der Waals surface area contributed by atoms with E-state index in [1.165, 1.54) is 5.56 Å². The van der Waals surface area contributed by atoms with Gasteiger partial charge in [0, 0.05) is 25.4 Å². The number of hydrogen-bond donors (Lipinski definition) is 2. The molecule has 0 aliphatic heterocycles. The third-order valence-electron chi connectivity index (χ3n) is 3.55. The molecule has 3 rings (SSSR count). The predicted octanol–water partition coefficient (Wildman–Crippen LogP) is 3.63. The summed E-state index contributed by atoms with van der Waals surface area (Å²) in [6, 6.07) is 18.2. The van der Waals surface area contributed by atoms with E-state index in [4.69, 9.17) is 0 Å². The Hall–Kier alpha value is -2.95. The van der Waals surface area contributed by atoms with Crippen molar-refractivity contribution in [3.63, 3.8) is 0 Å². The molecule has 0 unspecified atom stereocenters. The molecule has 3 aromatic rings. The third-order valence-corrected chi connectivity index (χ3v) is 3.55. The molecule has 2 aromatic heterocycles. The topological polar surface area (TPSA) is 62.7 Å². The fourth-order valence-electron chi connectivity index (χ4n) is 2.40. The minimum atomic E-state index is 0.614. The van der Waals surface area contributed by atoms with Crippen molar-refractivity contribution in [2.24, 2.45) is 0 Å². The largest absolute Gasteiger partial charge is 0.370 e. The van der Waals surface area contributed by atoms with Gasteiger partial charge in [0.25, 0.3) is 0 Å². The summed E-state index contributed by atoms with van der Waals surface area (Å²) in [6.45, 7) is 3.61. The fourth-order valence-corrected chi connectivity index (χ4v) is 2.40. The van der Waals surface area contributed by atoms with Gasteiger partial charge in [0.1, 0.15) is 5.82 Å². The lowest BCUT2D eigenvalue weighted by atomic mass is 10.1. The maximum atomic E-state index is 4.53. The molecule has 0 amide bonds. The van der Waals surface area contributed by atoms with Gasteiger partial charge in [-0.15, -0.1) is 0 Å². The van der Waals surface area contributed by atoms with E-state index in [0.717, 1.165) is 36.7 Å². The second-order valence-corrected chi connectivity index (χ2v) is 5.37. The molecular formula is C19H21N5. The summed E-state index contributed by atoms with van der Waals surface area (Å²) < 4.78 is 0. The van der Waals surface area contributed by atoms with Gasteiger partial charge in [-0.3, -0.25) is 4.98 Å². The van der Waals surface area contributed by atoms with Crippen LogP contribution in [0.4, 0.5) is 11.8 Å². The SMILES string of the molecule is CCNc1nc(NCCc2ccccc2)cc(-c2ccccn2)n1. The smallest absolute Gasteiger partial charge is 0.225 e. The van der Waals surface area contributed by atoms with E-state index in [0.29, 0.717) is 5.95 Å². The number of nitrogens with zero attached hydrogens (tertiary/aromatic N) is 3. The second-order valence-electron chi connectivity index (χ2n) is 5.37. The summed E-state index contributed by atoms with van der Waals surface area (Å²) in [5, 5.41) is 6.56. The Balaban J connectivity index is 1.75. The van der Waals surface area contributed by atoms with E-state index in [9.17, 15) is 0 Å². The van der Waals surface area contributed by atoms with Crippen molar-refractivity contribution in [2.45, 2.75) is 13.3 Å². The van der Waals surface area contributed by atoms with Crippen LogP contribution in [0.5, 0.6) is 0 Å². The Morgan fingerprint density at radius 1 is 0.875 bits per heavy atom. The number of hydrogen-bond acceptors (Lipinski definition) is 5. The first-order valence-electron chi connectivity index (χ1n) is 8.17. The van der Waals surface area contributed by atoms with Crippen LogP contribution in [0.1, 0.15) is 12.5 Å². The first kappa shape index (κ1) is 15.9. The summed E-state index contributed by atoms with van der Waals surface area (Å²) in [7, 11) is 0. The van der Waals surface area contributed by atoms with Crippen molar-refractivity contribution in [3.8, 4) is 11.4 Å². The molecule has 0 aliphatic carbocycles. The van der Waals surface area contributed by atoms with Crippen LogP contribution in [0.25, 0.3) is 11.4 Å². The van der Waals surface area contributed by atoms with Crippen LogP contribution in [0.15, 0.2) is 60.8 Å². The van der Waals surface area contributed by atoms with E-state index >= 15 is 0 Å². The van der Waals surface area contributed by atoms with Gasteiger partial charge in [-0.1, -0.05) is 36.4 Å². The number of rotatable bonds is 7. The molecule has 5 heteroatoms. The molecular weight excluding hydrogens is 298 g/mol. The van der Waals surface area contributed by atoms with Gasteiger partial charge in [0.05, 0.1) is 11.4 Å². The Bertz CT molecular complexity index is 759. The fraction of sp³-hybridized carbons (Fsp3) is 0.211. The lowest BCUT2D eigenvalue weighted by Crippen LogP contribution is -2.10. The molecule has 24 heavy (non-hydrogen) atoms. The Kier molecular flexibility index (Phi) is 5.35. The van der Waals surface area contributed by atoms with Gasteiger partial charge in [0.2, 0.25) is 5.95 Å². The minimum Gasteiger partial charge on any atom is -0.370 e. The van der Waals surface area contributed by atoms with E-state index in [2.05, 4.69) is 49.9 Å². The minimum absolute atomic E-state index is 0.614. The van der Waals surface area contributed by atoms with Crippen LogP contribution in [0.3, 0.4) is 0 Å². The molecule has 122 valence electrons. The first-order valence-corrected chi connectivity index (χ1v) is 8.17. The maximum absolute atomic E-state index is 4.53. The summed E-state index contributed by atoms with van der Waals surface area (Å²) in [6.07, 6.45) is 2.72. The zero-order valence-electron chi connectivity index (χ0n) is 13.7. The lowest BCUT2D eigenvalue weighted by molar-refractivity contribution is 0.995. The number of benzene rings is 1. The molecule has 5 nitrogen and oxygen atoms in total. The highest BCUT2D eigenvalue weighted by molar-refractivity contribution is 5.60. The number of aromatic nitrogens is 3. The highest BCUT2D eigenvalue weighted by atomic mass is 15.1. The van der Waals surface area contributed by atoms with Crippen molar-refractivity contribution in [2.75, 3.05) is 23.7 Å². The molecule has 0 radical (unpaired) electrons. The molecule has 0 aliphatic rings. The lowest BCUT2D eigenvalue weighted by Gasteiger charge is -2.10. The summed E-state index contributed by atoms with van der Waals surface area (Å²) in [5.41, 5.74) is 2.95. The molecule has 1 aromatic carbocycles. The standard InChI is InChI=1S/C19H21N5/c1-2-20-19-23-17(16-10-6-7-12-21-16)14-18(24-19)22-13-11-15-8-4-3-5-9-15/h3-10,12,14H,2,11,13H2,1H3,(H2,20,22,23,24). The molecule has 2 heterocycles. The van der Waals surface area contributed by atoms with Gasteiger partial charge in [-0.25, -0.2) is 4.98 Å². The second kappa shape index (κ2) is 8.06. The van der Waals surface area contributed by atoms with E-state index < -0.39 is 0 Å². The highest BCUT2D eigenvalue weighted by Crippen LogP contribution is 2.19. The van der Waals surface area contributed by atoms with Crippen LogP contribution in [-0.4, -0.2) is 28.0 Å². The molecule has 0 spiro atoms. The molecule has 0 saturated carbocycles. The number of anilines is 2. The molecule has 0 fully saturated rings. The molecule has 0 saturated heterocycles. The van der Waals surface area contributed by atoms with E-state index in [1.807, 2.05) is 37.3 Å². The van der Waals surface area contributed by atoms with E-state index in [-0.39, 0.29) is 0 Å². The van der Waals surface area contributed by atoms with Gasteiger partial charge >= 0.3 is 0 Å². The van der Waals surface area contributed by atoms with Crippen molar-refractivity contribution >= 4 is 11.8 Å². The van der Waals surface area contributed by atoms with Crippen molar-refractivity contribution in [3.05, 3.63) is 66.4 Å². The highest BCUT2D eigenvalue weighted by Gasteiger charge is 2.07. The van der Waals surface area contributed by atoms with Gasteiger partial charge in [-0.05, 0) is 31.0 Å². The molecule has 2 N–H and O–H groups in total.